The van der Waals surface area contributed by atoms with E-state index < -0.39 is 0 Å². The molecule has 0 radical (unpaired) electrons. The summed E-state index contributed by atoms with van der Waals surface area (Å²) in [4.78, 5) is 3.31. The lowest BCUT2D eigenvalue weighted by molar-refractivity contribution is 0.461. The molecule has 1 heterocycles. The maximum Gasteiger partial charge on any atom is 0.178 e. The molecule has 96 valence electrons. The van der Waals surface area contributed by atoms with Crippen molar-refractivity contribution in [2.45, 2.75) is 45.6 Å². The second kappa shape index (κ2) is 4.88. The summed E-state index contributed by atoms with van der Waals surface area (Å²) in [5, 5.41) is 0. The van der Waals surface area contributed by atoms with Crippen molar-refractivity contribution in [1.29, 1.82) is 0 Å². The van der Waals surface area contributed by atoms with Crippen molar-refractivity contribution in [2.24, 2.45) is 5.92 Å². The topological polar surface area (TPSA) is 20.7 Å². The highest BCUT2D eigenvalue weighted by Crippen LogP contribution is 2.28. The standard InChI is InChI=1S/C15H20N2S/c1-11-6-7-13-14(10-11)17(15(18)16-13)9-8-12-4-2-3-5-12/h6-7,10,12H,2-5,8-9H2,1H3,(H,16,18). The zero-order chi connectivity index (χ0) is 12.5. The van der Waals surface area contributed by atoms with E-state index in [2.05, 4.69) is 34.7 Å². The molecular formula is C15H20N2S. The molecule has 1 aromatic heterocycles. The molecule has 1 aromatic carbocycles. The highest BCUT2D eigenvalue weighted by atomic mass is 32.1. The number of hydrogen-bond acceptors (Lipinski definition) is 1. The molecule has 0 spiro atoms. The third-order valence-corrected chi connectivity index (χ3v) is 4.49. The molecule has 3 heteroatoms. The first kappa shape index (κ1) is 12.0. The second-order valence-electron chi connectivity index (χ2n) is 5.54. The van der Waals surface area contributed by atoms with E-state index in [1.54, 1.807) is 0 Å². The van der Waals surface area contributed by atoms with E-state index in [-0.39, 0.29) is 0 Å². The molecule has 1 fully saturated rings. The van der Waals surface area contributed by atoms with Gasteiger partial charge in [0, 0.05) is 6.54 Å². The van der Waals surface area contributed by atoms with E-state index in [9.17, 15) is 0 Å². The number of rotatable bonds is 3. The van der Waals surface area contributed by atoms with Gasteiger partial charge in [0.1, 0.15) is 0 Å². The van der Waals surface area contributed by atoms with Crippen molar-refractivity contribution < 1.29 is 0 Å². The van der Waals surface area contributed by atoms with Crippen molar-refractivity contribution in [3.63, 3.8) is 0 Å². The number of aromatic nitrogens is 2. The minimum Gasteiger partial charge on any atom is -0.331 e. The summed E-state index contributed by atoms with van der Waals surface area (Å²) >= 11 is 5.44. The summed E-state index contributed by atoms with van der Waals surface area (Å²) in [6, 6.07) is 6.50. The van der Waals surface area contributed by atoms with Gasteiger partial charge in [-0.3, -0.25) is 0 Å². The summed E-state index contributed by atoms with van der Waals surface area (Å²) in [6.45, 7) is 3.20. The molecule has 0 amide bonds. The fourth-order valence-electron chi connectivity index (χ4n) is 3.10. The second-order valence-corrected chi connectivity index (χ2v) is 5.93. The van der Waals surface area contributed by atoms with Crippen LogP contribution in [0.25, 0.3) is 11.0 Å². The van der Waals surface area contributed by atoms with Gasteiger partial charge in [-0.2, -0.15) is 0 Å². The van der Waals surface area contributed by atoms with Gasteiger partial charge in [-0.15, -0.1) is 0 Å². The summed E-state index contributed by atoms with van der Waals surface area (Å²) in [5.74, 6) is 0.918. The van der Waals surface area contributed by atoms with Gasteiger partial charge in [-0.05, 0) is 49.2 Å². The number of nitrogens with one attached hydrogen (secondary N) is 1. The Morgan fingerprint density at radius 1 is 1.33 bits per heavy atom. The number of nitrogens with zero attached hydrogens (tertiary/aromatic N) is 1. The van der Waals surface area contributed by atoms with Crippen LogP contribution in [0.4, 0.5) is 0 Å². The quantitative estimate of drug-likeness (QED) is 0.801. The Kier molecular flexibility index (Phi) is 3.25. The number of hydrogen-bond donors (Lipinski definition) is 1. The Morgan fingerprint density at radius 2 is 2.11 bits per heavy atom. The molecule has 1 aliphatic rings. The molecule has 18 heavy (non-hydrogen) atoms. The summed E-state index contributed by atoms with van der Waals surface area (Å²) in [7, 11) is 0. The van der Waals surface area contributed by atoms with Crippen molar-refractivity contribution in [3.8, 4) is 0 Å². The number of aryl methyl sites for hydroxylation is 2. The van der Waals surface area contributed by atoms with Crippen LogP contribution in [0, 0.1) is 17.6 Å². The third kappa shape index (κ3) is 2.24. The van der Waals surface area contributed by atoms with E-state index in [1.807, 2.05) is 0 Å². The van der Waals surface area contributed by atoms with Crippen LogP contribution in [0.15, 0.2) is 18.2 Å². The summed E-state index contributed by atoms with van der Waals surface area (Å²) in [6.07, 6.45) is 6.94. The van der Waals surface area contributed by atoms with Gasteiger partial charge in [0.25, 0.3) is 0 Å². The van der Waals surface area contributed by atoms with Crippen LogP contribution in [0.5, 0.6) is 0 Å². The molecule has 3 rings (SSSR count). The smallest absolute Gasteiger partial charge is 0.178 e. The highest BCUT2D eigenvalue weighted by Gasteiger charge is 2.15. The lowest BCUT2D eigenvalue weighted by atomic mass is 10.0. The van der Waals surface area contributed by atoms with Crippen molar-refractivity contribution in [2.75, 3.05) is 0 Å². The fraction of sp³-hybridized carbons (Fsp3) is 0.533. The Labute approximate surface area is 113 Å². The van der Waals surface area contributed by atoms with E-state index in [0.717, 1.165) is 22.8 Å². The number of benzene rings is 1. The molecule has 0 bridgehead atoms. The average molecular weight is 260 g/mol. The van der Waals surface area contributed by atoms with Crippen molar-refractivity contribution >= 4 is 23.3 Å². The number of fused-ring (bicyclic) bond motifs is 1. The van der Waals surface area contributed by atoms with Gasteiger partial charge in [0.05, 0.1) is 11.0 Å². The van der Waals surface area contributed by atoms with Gasteiger partial charge in [-0.1, -0.05) is 31.7 Å². The van der Waals surface area contributed by atoms with Crippen molar-refractivity contribution in [1.82, 2.24) is 9.55 Å². The molecule has 1 saturated carbocycles. The first-order valence-electron chi connectivity index (χ1n) is 6.93. The van der Waals surface area contributed by atoms with E-state index in [0.29, 0.717) is 0 Å². The van der Waals surface area contributed by atoms with Crippen LogP contribution >= 0.6 is 12.2 Å². The minimum atomic E-state index is 0.869. The monoisotopic (exact) mass is 260 g/mol. The Hall–Kier alpha value is -1.09. The normalized spacial score (nSPS) is 16.7. The molecule has 2 nitrogen and oxygen atoms in total. The molecule has 2 aromatic rings. The van der Waals surface area contributed by atoms with Crippen LogP contribution in [0.3, 0.4) is 0 Å². The molecule has 0 atom stereocenters. The SMILES string of the molecule is Cc1ccc2[nH]c(=S)n(CCC3CCCC3)c2c1. The summed E-state index contributed by atoms with van der Waals surface area (Å²) < 4.78 is 3.14. The van der Waals surface area contributed by atoms with Crippen molar-refractivity contribution in [3.05, 3.63) is 28.5 Å². The fourth-order valence-corrected chi connectivity index (χ4v) is 3.40. The number of H-pyrrole nitrogens is 1. The molecule has 0 aliphatic heterocycles. The van der Waals surface area contributed by atoms with Crippen LogP contribution < -0.4 is 0 Å². The Morgan fingerprint density at radius 3 is 2.89 bits per heavy atom. The van der Waals surface area contributed by atoms with E-state index in [4.69, 9.17) is 12.2 Å². The lowest BCUT2D eigenvalue weighted by Crippen LogP contribution is -2.03. The maximum absolute atomic E-state index is 5.44. The third-order valence-electron chi connectivity index (χ3n) is 4.17. The zero-order valence-electron chi connectivity index (χ0n) is 10.9. The van der Waals surface area contributed by atoms with Gasteiger partial charge in [0.2, 0.25) is 0 Å². The molecule has 1 N–H and O–H groups in total. The largest absolute Gasteiger partial charge is 0.331 e. The lowest BCUT2D eigenvalue weighted by Gasteiger charge is -2.10. The van der Waals surface area contributed by atoms with Gasteiger partial charge < -0.3 is 9.55 Å². The molecule has 0 unspecified atom stereocenters. The first-order valence-corrected chi connectivity index (χ1v) is 7.34. The first-order chi connectivity index (χ1) is 8.74. The zero-order valence-corrected chi connectivity index (χ0v) is 11.7. The Balaban J connectivity index is 1.87. The average Bonchev–Trinajstić information content (AvgIpc) is 2.94. The van der Waals surface area contributed by atoms with Gasteiger partial charge >= 0.3 is 0 Å². The van der Waals surface area contributed by atoms with Crippen LogP contribution in [0.2, 0.25) is 0 Å². The van der Waals surface area contributed by atoms with E-state index >= 15 is 0 Å². The van der Waals surface area contributed by atoms with Gasteiger partial charge in [0.15, 0.2) is 4.77 Å². The van der Waals surface area contributed by atoms with Crippen LogP contribution in [-0.4, -0.2) is 9.55 Å². The highest BCUT2D eigenvalue weighted by molar-refractivity contribution is 7.71. The number of aromatic amines is 1. The summed E-state index contributed by atoms with van der Waals surface area (Å²) in [5.41, 5.74) is 3.72. The molecule has 1 aliphatic carbocycles. The molecular weight excluding hydrogens is 240 g/mol. The Bertz CT molecular complexity index is 602. The van der Waals surface area contributed by atoms with Gasteiger partial charge in [-0.25, -0.2) is 0 Å². The predicted octanol–water partition coefficient (Wildman–Crippen LogP) is 4.59. The van der Waals surface area contributed by atoms with Crippen LogP contribution in [0.1, 0.15) is 37.7 Å². The number of imidazole rings is 1. The minimum absolute atomic E-state index is 0.869. The van der Waals surface area contributed by atoms with Crippen LogP contribution in [-0.2, 0) is 6.54 Å². The molecule has 0 saturated heterocycles. The van der Waals surface area contributed by atoms with E-state index in [1.165, 1.54) is 43.2 Å². The maximum atomic E-state index is 5.44. The predicted molar refractivity (Wildman–Crippen MR) is 78.4 cm³/mol.